The van der Waals surface area contributed by atoms with Crippen molar-refractivity contribution >= 4 is 11.6 Å². The zero-order chi connectivity index (χ0) is 13.5. The Hall–Kier alpha value is -1.55. The van der Waals surface area contributed by atoms with E-state index >= 15 is 0 Å². The highest BCUT2D eigenvalue weighted by Gasteiger charge is 2.32. The Morgan fingerprint density at radius 3 is 3.15 bits per heavy atom. The van der Waals surface area contributed by atoms with Crippen molar-refractivity contribution in [3.05, 3.63) is 29.3 Å². The van der Waals surface area contributed by atoms with Gasteiger partial charge in [0.1, 0.15) is 0 Å². The first-order valence-electron chi connectivity index (χ1n) is 7.71. The van der Waals surface area contributed by atoms with E-state index in [2.05, 4.69) is 27.2 Å². The smallest absolute Gasteiger partial charge is 0.253 e. The van der Waals surface area contributed by atoms with Crippen molar-refractivity contribution < 1.29 is 4.79 Å². The molecule has 1 N–H and O–H groups in total. The molecule has 1 aromatic carbocycles. The van der Waals surface area contributed by atoms with Gasteiger partial charge in [0.05, 0.1) is 0 Å². The summed E-state index contributed by atoms with van der Waals surface area (Å²) < 4.78 is 0. The molecule has 2 fully saturated rings. The highest BCUT2D eigenvalue weighted by Crippen LogP contribution is 2.26. The lowest BCUT2D eigenvalue weighted by molar-refractivity contribution is 0.0571. The maximum Gasteiger partial charge on any atom is 0.253 e. The van der Waals surface area contributed by atoms with Crippen LogP contribution in [0, 0.1) is 0 Å². The van der Waals surface area contributed by atoms with Gasteiger partial charge >= 0.3 is 0 Å². The van der Waals surface area contributed by atoms with Gasteiger partial charge in [-0.05, 0) is 49.6 Å². The number of piperazine rings is 1. The van der Waals surface area contributed by atoms with E-state index in [-0.39, 0.29) is 5.91 Å². The molecule has 20 heavy (non-hydrogen) atoms. The van der Waals surface area contributed by atoms with Gasteiger partial charge in [-0.2, -0.15) is 0 Å². The van der Waals surface area contributed by atoms with Crippen LogP contribution in [0.1, 0.15) is 28.8 Å². The first-order chi connectivity index (χ1) is 9.81. The van der Waals surface area contributed by atoms with Crippen LogP contribution in [-0.2, 0) is 6.42 Å². The predicted octanol–water partition coefficient (Wildman–Crippen LogP) is 1.57. The van der Waals surface area contributed by atoms with Crippen LogP contribution in [0.2, 0.25) is 0 Å². The molecule has 106 valence electrons. The number of anilines is 1. The van der Waals surface area contributed by atoms with Gasteiger partial charge in [0.15, 0.2) is 0 Å². The van der Waals surface area contributed by atoms with E-state index in [0.717, 1.165) is 38.2 Å². The predicted molar refractivity (Wildman–Crippen MR) is 79.1 cm³/mol. The Kier molecular flexibility index (Phi) is 2.91. The number of carbonyl (C=O) groups is 1. The molecule has 0 aromatic heterocycles. The number of carbonyl (C=O) groups excluding carboxylic acids is 1. The fourth-order valence-electron chi connectivity index (χ4n) is 3.80. The van der Waals surface area contributed by atoms with E-state index in [1.54, 1.807) is 0 Å². The molecule has 4 heteroatoms. The molecule has 0 spiro atoms. The molecule has 3 heterocycles. The zero-order valence-electron chi connectivity index (χ0n) is 11.8. The molecular formula is C16H21N3O. The minimum absolute atomic E-state index is 0.214. The summed E-state index contributed by atoms with van der Waals surface area (Å²) in [5.41, 5.74) is 3.34. The number of fused-ring (bicyclic) bond motifs is 2. The maximum atomic E-state index is 12.7. The Morgan fingerprint density at radius 2 is 2.20 bits per heavy atom. The van der Waals surface area contributed by atoms with Crippen molar-refractivity contribution in [1.82, 2.24) is 9.80 Å². The van der Waals surface area contributed by atoms with Crippen molar-refractivity contribution in [2.75, 3.05) is 38.0 Å². The molecule has 0 radical (unpaired) electrons. The average molecular weight is 271 g/mol. The van der Waals surface area contributed by atoms with Crippen molar-refractivity contribution in [2.45, 2.75) is 25.3 Å². The lowest BCUT2D eigenvalue weighted by Gasteiger charge is -2.37. The fraction of sp³-hybridized carbons (Fsp3) is 0.562. The number of rotatable bonds is 1. The quantitative estimate of drug-likeness (QED) is 0.842. The summed E-state index contributed by atoms with van der Waals surface area (Å²) in [6.45, 7) is 5.05. The third-order valence-corrected chi connectivity index (χ3v) is 4.94. The Morgan fingerprint density at radius 1 is 1.25 bits per heavy atom. The van der Waals surface area contributed by atoms with Crippen molar-refractivity contribution in [3.8, 4) is 0 Å². The number of nitrogens with one attached hydrogen (secondary N) is 1. The van der Waals surface area contributed by atoms with Gasteiger partial charge in [0.2, 0.25) is 0 Å². The van der Waals surface area contributed by atoms with E-state index in [0.29, 0.717) is 6.04 Å². The second kappa shape index (κ2) is 4.77. The molecule has 4 rings (SSSR count). The minimum Gasteiger partial charge on any atom is -0.384 e. The molecule has 0 bridgehead atoms. The Bertz CT molecular complexity index is 543. The highest BCUT2D eigenvalue weighted by molar-refractivity contribution is 5.95. The number of amides is 1. The monoisotopic (exact) mass is 271 g/mol. The van der Waals surface area contributed by atoms with Crippen LogP contribution >= 0.6 is 0 Å². The molecular weight excluding hydrogens is 250 g/mol. The van der Waals surface area contributed by atoms with Crippen LogP contribution in [0.4, 0.5) is 5.69 Å². The number of nitrogens with zero attached hydrogens (tertiary/aromatic N) is 2. The molecule has 3 aliphatic rings. The van der Waals surface area contributed by atoms with Crippen molar-refractivity contribution in [3.63, 3.8) is 0 Å². The third-order valence-electron chi connectivity index (χ3n) is 4.94. The molecule has 0 aliphatic carbocycles. The van der Waals surface area contributed by atoms with Crippen LogP contribution in [0.15, 0.2) is 18.2 Å². The van der Waals surface area contributed by atoms with Crippen LogP contribution in [0.3, 0.4) is 0 Å². The second-order valence-corrected chi connectivity index (χ2v) is 6.13. The number of hydrogen-bond acceptors (Lipinski definition) is 3. The van der Waals surface area contributed by atoms with Crippen molar-refractivity contribution in [2.24, 2.45) is 0 Å². The molecule has 0 saturated carbocycles. The van der Waals surface area contributed by atoms with E-state index in [1.807, 2.05) is 6.07 Å². The summed E-state index contributed by atoms with van der Waals surface area (Å²) in [5, 5.41) is 3.34. The van der Waals surface area contributed by atoms with Crippen LogP contribution in [-0.4, -0.2) is 54.5 Å². The zero-order valence-corrected chi connectivity index (χ0v) is 11.8. The SMILES string of the molecule is O=C(c1ccc2c(c1)CCN2)N1CCN2CCC[C@H]2C1. The maximum absolute atomic E-state index is 12.7. The number of benzene rings is 1. The first-order valence-corrected chi connectivity index (χ1v) is 7.71. The standard InChI is InChI=1S/C16H21N3O/c20-16(13-3-4-15-12(10-13)5-6-17-15)19-9-8-18-7-1-2-14(18)11-19/h3-4,10,14,17H,1-2,5-9,11H2/t14-/m0/s1. The summed E-state index contributed by atoms with van der Waals surface area (Å²) in [7, 11) is 0. The topological polar surface area (TPSA) is 35.6 Å². The fourth-order valence-corrected chi connectivity index (χ4v) is 3.80. The van der Waals surface area contributed by atoms with E-state index in [1.165, 1.54) is 30.6 Å². The second-order valence-electron chi connectivity index (χ2n) is 6.13. The summed E-state index contributed by atoms with van der Waals surface area (Å²) in [6.07, 6.45) is 3.57. The summed E-state index contributed by atoms with van der Waals surface area (Å²) in [6, 6.07) is 6.71. The van der Waals surface area contributed by atoms with Gasteiger partial charge < -0.3 is 10.2 Å². The van der Waals surface area contributed by atoms with Crippen LogP contribution < -0.4 is 5.32 Å². The van der Waals surface area contributed by atoms with Gasteiger partial charge in [-0.15, -0.1) is 0 Å². The summed E-state index contributed by atoms with van der Waals surface area (Å²) in [5.74, 6) is 0.214. The Labute approximate surface area is 119 Å². The highest BCUT2D eigenvalue weighted by atomic mass is 16.2. The van der Waals surface area contributed by atoms with Gasteiger partial charge in [-0.1, -0.05) is 0 Å². The third kappa shape index (κ3) is 1.99. The largest absolute Gasteiger partial charge is 0.384 e. The molecule has 1 aromatic rings. The van der Waals surface area contributed by atoms with Gasteiger partial charge in [-0.3, -0.25) is 9.69 Å². The molecule has 1 atom stereocenters. The normalized spacial score (nSPS) is 25.2. The van der Waals surface area contributed by atoms with E-state index < -0.39 is 0 Å². The lowest BCUT2D eigenvalue weighted by Crippen LogP contribution is -2.52. The summed E-state index contributed by atoms with van der Waals surface area (Å²) in [4.78, 5) is 17.3. The van der Waals surface area contributed by atoms with E-state index in [9.17, 15) is 4.79 Å². The lowest BCUT2D eigenvalue weighted by atomic mass is 10.1. The van der Waals surface area contributed by atoms with Crippen molar-refractivity contribution in [1.29, 1.82) is 0 Å². The van der Waals surface area contributed by atoms with Gasteiger partial charge in [-0.25, -0.2) is 0 Å². The molecule has 1 amide bonds. The Balaban J connectivity index is 1.52. The molecule has 0 unspecified atom stereocenters. The summed E-state index contributed by atoms with van der Waals surface area (Å²) >= 11 is 0. The van der Waals surface area contributed by atoms with E-state index in [4.69, 9.17) is 0 Å². The van der Waals surface area contributed by atoms with Gasteiger partial charge in [0, 0.05) is 43.5 Å². The van der Waals surface area contributed by atoms with Gasteiger partial charge in [0.25, 0.3) is 5.91 Å². The molecule has 4 nitrogen and oxygen atoms in total. The first kappa shape index (κ1) is 12.2. The average Bonchev–Trinajstić information content (AvgIpc) is 3.13. The number of hydrogen-bond donors (Lipinski definition) is 1. The van der Waals surface area contributed by atoms with Crippen LogP contribution in [0.5, 0.6) is 0 Å². The molecule has 3 aliphatic heterocycles. The molecule has 2 saturated heterocycles. The van der Waals surface area contributed by atoms with Crippen LogP contribution in [0.25, 0.3) is 0 Å². The minimum atomic E-state index is 0.214.